The van der Waals surface area contributed by atoms with E-state index in [0.29, 0.717) is 6.42 Å². The van der Waals surface area contributed by atoms with Gasteiger partial charge in [0.25, 0.3) is 0 Å². The van der Waals surface area contributed by atoms with Crippen LogP contribution in [0.4, 0.5) is 0 Å². The number of aryl methyl sites for hydroxylation is 1. The Hall–Kier alpha value is -1.91. The number of rotatable bonds is 5. The fraction of sp³-hybridized carbons (Fsp3) is 0.360. The number of benzene rings is 2. The van der Waals surface area contributed by atoms with Crippen molar-refractivity contribution in [3.05, 3.63) is 71.5 Å². The molecule has 1 aliphatic rings. The summed E-state index contributed by atoms with van der Waals surface area (Å²) >= 11 is 0. The van der Waals surface area contributed by atoms with E-state index in [1.165, 1.54) is 28.7 Å². The maximum absolute atomic E-state index is 8.56. The summed E-state index contributed by atoms with van der Waals surface area (Å²) in [6.45, 7) is 5.53. The van der Waals surface area contributed by atoms with E-state index < -0.39 is 0 Å². The zero-order valence-electron chi connectivity index (χ0n) is 17.7. The van der Waals surface area contributed by atoms with Gasteiger partial charge in [0, 0.05) is 25.7 Å². The number of aromatic nitrogens is 2. The number of aliphatic hydroxyl groups is 2. The monoisotopic (exact) mass is 582 g/mol. The van der Waals surface area contributed by atoms with Gasteiger partial charge in [0.2, 0.25) is 0 Å². The molecule has 2 aromatic carbocycles. The Morgan fingerprint density at radius 3 is 2.37 bits per heavy atom. The number of hydrogen-bond acceptors (Lipinski definition) is 4. The zero-order valence-corrected chi connectivity index (χ0v) is 20.1. The maximum Gasteiger partial charge on any atom is 0.106 e. The van der Waals surface area contributed by atoms with Crippen molar-refractivity contribution in [1.82, 2.24) is 9.97 Å². The van der Waals surface area contributed by atoms with Gasteiger partial charge in [-0.2, -0.15) is 0 Å². The summed E-state index contributed by atoms with van der Waals surface area (Å²) in [5, 5.41) is 17.1. The van der Waals surface area contributed by atoms with Crippen LogP contribution in [-0.2, 0) is 32.9 Å². The van der Waals surface area contributed by atoms with Crippen LogP contribution in [0, 0.1) is 6.07 Å². The molecule has 0 aliphatic heterocycles. The first-order chi connectivity index (χ1) is 14.0. The fourth-order valence-electron chi connectivity index (χ4n) is 3.71. The minimum Gasteiger partial charge on any atom is -0.393 e. The van der Waals surface area contributed by atoms with Gasteiger partial charge in [-0.1, -0.05) is 25.5 Å². The molecule has 2 atom stereocenters. The van der Waals surface area contributed by atoms with Gasteiger partial charge in [-0.15, -0.1) is 35.9 Å². The predicted molar refractivity (Wildman–Crippen MR) is 117 cm³/mol. The number of fused-ring (bicyclic) bond motifs is 3. The van der Waals surface area contributed by atoms with Crippen LogP contribution in [0.1, 0.15) is 50.3 Å². The minimum atomic E-state index is -0.375. The van der Waals surface area contributed by atoms with Crippen LogP contribution in [0.3, 0.4) is 0 Å². The quantitative estimate of drug-likeness (QED) is 0.338. The first kappa shape index (κ1) is 24.4. The second kappa shape index (κ2) is 11.5. The van der Waals surface area contributed by atoms with Gasteiger partial charge in [-0.3, -0.25) is 4.98 Å². The summed E-state index contributed by atoms with van der Waals surface area (Å²) in [5.41, 5.74) is 8.40. The molecule has 4 nitrogen and oxygen atoms in total. The number of hydrogen-bond donors (Lipinski definition) is 2. The topological polar surface area (TPSA) is 66.2 Å². The smallest absolute Gasteiger partial charge is 0.106 e. The van der Waals surface area contributed by atoms with Gasteiger partial charge in [0.05, 0.1) is 17.9 Å². The third-order valence-corrected chi connectivity index (χ3v) is 4.93. The Balaban J connectivity index is 0.000000350. The van der Waals surface area contributed by atoms with Crippen LogP contribution in [0.5, 0.6) is 0 Å². The van der Waals surface area contributed by atoms with Crippen molar-refractivity contribution in [2.45, 2.75) is 58.7 Å². The van der Waals surface area contributed by atoms with Gasteiger partial charge < -0.3 is 10.2 Å². The summed E-state index contributed by atoms with van der Waals surface area (Å²) in [6.07, 6.45) is 4.60. The van der Waals surface area contributed by atoms with Gasteiger partial charge >= 0.3 is 0 Å². The van der Waals surface area contributed by atoms with Crippen LogP contribution in [0.15, 0.2) is 48.8 Å². The van der Waals surface area contributed by atoms with E-state index in [-0.39, 0.29) is 32.3 Å². The van der Waals surface area contributed by atoms with Crippen molar-refractivity contribution in [3.8, 4) is 22.5 Å². The molecule has 161 valence electrons. The SMILES string of the molecule is CC(O)CC(C)O.CCCc1ccc2c(c1)-c1ncnc(-c3[c-]cccc3)c1C2.[Ir]. The van der Waals surface area contributed by atoms with Gasteiger partial charge in [-0.05, 0) is 61.6 Å². The zero-order chi connectivity index (χ0) is 20.8. The second-order valence-electron chi connectivity index (χ2n) is 7.68. The molecular weight excluding hydrogens is 553 g/mol. The first-order valence-corrected chi connectivity index (χ1v) is 10.3. The molecule has 0 fully saturated rings. The molecule has 2 N–H and O–H groups in total. The Kier molecular flexibility index (Phi) is 9.32. The molecular formula is C25H29IrN2O2-. The first-order valence-electron chi connectivity index (χ1n) is 10.3. The number of aliphatic hydroxyl groups excluding tert-OH is 2. The third-order valence-electron chi connectivity index (χ3n) is 4.93. The molecule has 1 aliphatic carbocycles. The molecule has 0 saturated heterocycles. The second-order valence-corrected chi connectivity index (χ2v) is 7.68. The van der Waals surface area contributed by atoms with Crippen molar-refractivity contribution in [1.29, 1.82) is 0 Å². The van der Waals surface area contributed by atoms with Crippen LogP contribution in [0.25, 0.3) is 22.5 Å². The normalized spacial score (nSPS) is 13.2. The van der Waals surface area contributed by atoms with Crippen LogP contribution >= 0.6 is 0 Å². The summed E-state index contributed by atoms with van der Waals surface area (Å²) in [6, 6.07) is 18.1. The van der Waals surface area contributed by atoms with E-state index >= 15 is 0 Å². The molecule has 1 heterocycles. The molecule has 0 bridgehead atoms. The fourth-order valence-corrected chi connectivity index (χ4v) is 3.71. The molecule has 0 saturated carbocycles. The van der Waals surface area contributed by atoms with Crippen molar-refractivity contribution < 1.29 is 30.3 Å². The van der Waals surface area contributed by atoms with Gasteiger partial charge in [0.1, 0.15) is 6.33 Å². The van der Waals surface area contributed by atoms with Crippen molar-refractivity contribution in [3.63, 3.8) is 0 Å². The Bertz CT molecular complexity index is 937. The molecule has 1 radical (unpaired) electrons. The predicted octanol–water partition coefficient (Wildman–Crippen LogP) is 4.60. The van der Waals surface area contributed by atoms with E-state index in [1.54, 1.807) is 20.2 Å². The van der Waals surface area contributed by atoms with Crippen molar-refractivity contribution in [2.24, 2.45) is 0 Å². The average Bonchev–Trinajstić information content (AvgIpc) is 3.06. The van der Waals surface area contributed by atoms with Gasteiger partial charge in [-0.25, -0.2) is 4.98 Å². The Morgan fingerprint density at radius 1 is 1.03 bits per heavy atom. The molecule has 3 aromatic rings. The van der Waals surface area contributed by atoms with E-state index in [4.69, 9.17) is 10.2 Å². The number of nitrogens with zero attached hydrogens (tertiary/aromatic N) is 2. The Labute approximate surface area is 192 Å². The maximum atomic E-state index is 8.56. The third kappa shape index (κ3) is 6.05. The Morgan fingerprint density at radius 2 is 1.77 bits per heavy atom. The largest absolute Gasteiger partial charge is 0.393 e. The standard InChI is InChI=1S/C20H17N2.C5H12O2.Ir/c1-2-6-14-9-10-16-12-18-19(15-7-4-3-5-8-15)21-13-22-20(18)17(16)11-14;1-4(6)3-5(2)7;/h3-5,7,9-11,13H,2,6,12H2,1H3;4-7H,3H2,1-2H3;/q-1;;. The minimum absolute atomic E-state index is 0. The molecule has 2 unspecified atom stereocenters. The summed E-state index contributed by atoms with van der Waals surface area (Å²) in [5.74, 6) is 0. The van der Waals surface area contributed by atoms with Gasteiger partial charge in [0.15, 0.2) is 0 Å². The van der Waals surface area contributed by atoms with Crippen LogP contribution in [0.2, 0.25) is 0 Å². The average molecular weight is 582 g/mol. The van der Waals surface area contributed by atoms with Crippen LogP contribution < -0.4 is 0 Å². The molecule has 0 amide bonds. The van der Waals surface area contributed by atoms with Crippen molar-refractivity contribution >= 4 is 0 Å². The summed E-state index contributed by atoms with van der Waals surface area (Å²) in [4.78, 5) is 9.08. The van der Waals surface area contributed by atoms with Crippen molar-refractivity contribution in [2.75, 3.05) is 0 Å². The van der Waals surface area contributed by atoms with E-state index in [0.717, 1.165) is 29.8 Å². The molecule has 0 spiro atoms. The summed E-state index contributed by atoms with van der Waals surface area (Å²) < 4.78 is 0. The molecule has 4 rings (SSSR count). The summed E-state index contributed by atoms with van der Waals surface area (Å²) in [7, 11) is 0. The van der Waals surface area contributed by atoms with Crippen LogP contribution in [-0.4, -0.2) is 32.4 Å². The molecule has 5 heteroatoms. The molecule has 30 heavy (non-hydrogen) atoms. The van der Waals surface area contributed by atoms with E-state index in [1.807, 2.05) is 18.2 Å². The van der Waals surface area contributed by atoms with E-state index in [9.17, 15) is 0 Å². The van der Waals surface area contributed by atoms with E-state index in [2.05, 4.69) is 47.2 Å². The molecule has 1 aromatic heterocycles.